The highest BCUT2D eigenvalue weighted by Gasteiger charge is 2.25. The van der Waals surface area contributed by atoms with Crippen molar-refractivity contribution in [3.8, 4) is 0 Å². The fraction of sp³-hybridized carbons (Fsp3) is 0.474. The van der Waals surface area contributed by atoms with Gasteiger partial charge in [-0.15, -0.1) is 0 Å². The molecule has 2 aromatic carbocycles. The Balaban J connectivity index is 1.77. The van der Waals surface area contributed by atoms with Crippen molar-refractivity contribution in [2.75, 3.05) is 7.05 Å². The van der Waals surface area contributed by atoms with Gasteiger partial charge in [0.2, 0.25) is 0 Å². The minimum absolute atomic E-state index is 0.422. The van der Waals surface area contributed by atoms with Crippen LogP contribution in [-0.4, -0.2) is 24.0 Å². The molecule has 1 unspecified atom stereocenters. The van der Waals surface area contributed by atoms with E-state index in [1.165, 1.54) is 42.0 Å². The van der Waals surface area contributed by atoms with E-state index in [9.17, 15) is 0 Å². The summed E-state index contributed by atoms with van der Waals surface area (Å²) in [6.07, 6.45) is 4.80. The van der Waals surface area contributed by atoms with Gasteiger partial charge >= 0.3 is 0 Å². The number of nitrogens with zero attached hydrogens (tertiary/aromatic N) is 1. The highest BCUT2D eigenvalue weighted by Crippen LogP contribution is 2.29. The van der Waals surface area contributed by atoms with E-state index < -0.39 is 0 Å². The third-order valence-corrected chi connectivity index (χ3v) is 5.18. The molecule has 0 heterocycles. The second-order valence-corrected chi connectivity index (χ2v) is 6.52. The van der Waals surface area contributed by atoms with Crippen molar-refractivity contribution in [2.24, 2.45) is 5.73 Å². The summed E-state index contributed by atoms with van der Waals surface area (Å²) in [5.41, 5.74) is 7.44. The van der Waals surface area contributed by atoms with Crippen molar-refractivity contribution in [3.05, 3.63) is 48.0 Å². The van der Waals surface area contributed by atoms with Gasteiger partial charge in [-0.2, -0.15) is 0 Å². The maximum Gasteiger partial charge on any atom is 0.0319 e. The molecule has 3 rings (SSSR count). The minimum Gasteiger partial charge on any atom is -0.328 e. The molecular formula is C19H26N2. The number of rotatable bonds is 3. The SMILES string of the molecule is CC(c1ccc2ccccc2c1)N(C)C1CCC(N)CC1. The Morgan fingerprint density at radius 3 is 2.38 bits per heavy atom. The molecule has 1 fully saturated rings. The van der Waals surface area contributed by atoms with Gasteiger partial charge in [0.05, 0.1) is 0 Å². The monoisotopic (exact) mass is 282 g/mol. The first-order valence-electron chi connectivity index (χ1n) is 8.11. The third-order valence-electron chi connectivity index (χ3n) is 5.18. The Bertz CT molecular complexity index is 599. The maximum absolute atomic E-state index is 6.03. The molecule has 2 heteroatoms. The van der Waals surface area contributed by atoms with Gasteiger partial charge in [0.25, 0.3) is 0 Å². The van der Waals surface area contributed by atoms with E-state index in [4.69, 9.17) is 5.73 Å². The predicted octanol–water partition coefficient (Wildman–Crippen LogP) is 4.10. The van der Waals surface area contributed by atoms with Gasteiger partial charge < -0.3 is 5.73 Å². The first-order chi connectivity index (χ1) is 10.1. The summed E-state index contributed by atoms with van der Waals surface area (Å²) < 4.78 is 0. The standard InChI is InChI=1S/C19H26N2/c1-14(21(2)19-11-9-18(20)10-12-19)16-8-7-15-5-3-4-6-17(15)13-16/h3-8,13-14,18-19H,9-12,20H2,1-2H3. The van der Waals surface area contributed by atoms with E-state index in [-0.39, 0.29) is 0 Å². The highest BCUT2D eigenvalue weighted by molar-refractivity contribution is 5.83. The van der Waals surface area contributed by atoms with Crippen LogP contribution in [0.3, 0.4) is 0 Å². The molecule has 21 heavy (non-hydrogen) atoms. The number of hydrogen-bond donors (Lipinski definition) is 1. The number of fused-ring (bicyclic) bond motifs is 1. The molecule has 1 atom stereocenters. The van der Waals surface area contributed by atoms with Crippen LogP contribution < -0.4 is 5.73 Å². The van der Waals surface area contributed by atoms with E-state index in [0.717, 1.165) is 0 Å². The van der Waals surface area contributed by atoms with Crippen molar-refractivity contribution in [1.29, 1.82) is 0 Å². The largest absolute Gasteiger partial charge is 0.328 e. The van der Waals surface area contributed by atoms with Gasteiger partial charge in [-0.05, 0) is 62.1 Å². The van der Waals surface area contributed by atoms with E-state index >= 15 is 0 Å². The lowest BCUT2D eigenvalue weighted by Crippen LogP contribution is -2.39. The Kier molecular flexibility index (Phi) is 4.27. The van der Waals surface area contributed by atoms with Gasteiger partial charge in [0, 0.05) is 18.1 Å². The van der Waals surface area contributed by atoms with Crippen LogP contribution in [-0.2, 0) is 0 Å². The summed E-state index contributed by atoms with van der Waals surface area (Å²) >= 11 is 0. The smallest absolute Gasteiger partial charge is 0.0319 e. The van der Waals surface area contributed by atoms with Crippen molar-refractivity contribution in [1.82, 2.24) is 4.90 Å². The van der Waals surface area contributed by atoms with Crippen LogP contribution in [0.2, 0.25) is 0 Å². The van der Waals surface area contributed by atoms with E-state index in [1.54, 1.807) is 0 Å². The van der Waals surface area contributed by atoms with Crippen LogP contribution in [0.25, 0.3) is 10.8 Å². The van der Waals surface area contributed by atoms with Gasteiger partial charge in [-0.3, -0.25) is 4.90 Å². The number of nitrogens with two attached hydrogens (primary N) is 1. The summed E-state index contributed by atoms with van der Waals surface area (Å²) in [6.45, 7) is 2.32. The third kappa shape index (κ3) is 3.12. The van der Waals surface area contributed by atoms with Crippen molar-refractivity contribution < 1.29 is 0 Å². The maximum atomic E-state index is 6.03. The minimum atomic E-state index is 0.422. The van der Waals surface area contributed by atoms with Crippen molar-refractivity contribution in [2.45, 2.75) is 50.7 Å². The summed E-state index contributed by atoms with van der Waals surface area (Å²) in [5, 5.41) is 2.65. The number of benzene rings is 2. The van der Waals surface area contributed by atoms with E-state index in [0.29, 0.717) is 18.1 Å². The zero-order valence-electron chi connectivity index (χ0n) is 13.1. The molecule has 112 valence electrons. The molecular weight excluding hydrogens is 256 g/mol. The zero-order valence-corrected chi connectivity index (χ0v) is 13.1. The molecule has 1 aliphatic carbocycles. The molecule has 0 aromatic heterocycles. The second kappa shape index (κ2) is 6.17. The molecule has 0 aliphatic heterocycles. The average Bonchev–Trinajstić information content (AvgIpc) is 2.54. The van der Waals surface area contributed by atoms with Gasteiger partial charge in [0.15, 0.2) is 0 Å². The van der Waals surface area contributed by atoms with E-state index in [2.05, 4.69) is 61.3 Å². The molecule has 2 aromatic rings. The van der Waals surface area contributed by atoms with Crippen LogP contribution in [0, 0.1) is 0 Å². The molecule has 2 nitrogen and oxygen atoms in total. The Morgan fingerprint density at radius 1 is 1.00 bits per heavy atom. The van der Waals surface area contributed by atoms with Crippen LogP contribution in [0.15, 0.2) is 42.5 Å². The van der Waals surface area contributed by atoms with Crippen molar-refractivity contribution >= 4 is 10.8 Å². The lowest BCUT2D eigenvalue weighted by molar-refractivity contribution is 0.141. The summed E-state index contributed by atoms with van der Waals surface area (Å²) in [7, 11) is 2.27. The van der Waals surface area contributed by atoms with Crippen molar-refractivity contribution in [3.63, 3.8) is 0 Å². The molecule has 0 radical (unpaired) electrons. The summed E-state index contributed by atoms with van der Waals surface area (Å²) in [5.74, 6) is 0. The van der Waals surface area contributed by atoms with Gasteiger partial charge in [-0.25, -0.2) is 0 Å². The molecule has 0 saturated heterocycles. The lowest BCUT2D eigenvalue weighted by atomic mass is 9.89. The fourth-order valence-corrected chi connectivity index (χ4v) is 3.53. The Morgan fingerprint density at radius 2 is 1.67 bits per heavy atom. The highest BCUT2D eigenvalue weighted by atomic mass is 15.2. The predicted molar refractivity (Wildman–Crippen MR) is 90.4 cm³/mol. The fourth-order valence-electron chi connectivity index (χ4n) is 3.53. The molecule has 2 N–H and O–H groups in total. The molecule has 0 amide bonds. The summed E-state index contributed by atoms with van der Waals surface area (Å²) in [4.78, 5) is 2.54. The topological polar surface area (TPSA) is 29.3 Å². The molecule has 1 aliphatic rings. The van der Waals surface area contributed by atoms with Gasteiger partial charge in [-0.1, -0.05) is 36.4 Å². The summed E-state index contributed by atoms with van der Waals surface area (Å²) in [6, 6.07) is 17.0. The first-order valence-corrected chi connectivity index (χ1v) is 8.11. The van der Waals surface area contributed by atoms with Crippen LogP contribution in [0.4, 0.5) is 0 Å². The normalized spacial score (nSPS) is 24.4. The Hall–Kier alpha value is -1.38. The molecule has 0 spiro atoms. The first kappa shape index (κ1) is 14.6. The zero-order chi connectivity index (χ0) is 14.8. The second-order valence-electron chi connectivity index (χ2n) is 6.52. The molecule has 0 bridgehead atoms. The van der Waals surface area contributed by atoms with Crippen LogP contribution in [0.5, 0.6) is 0 Å². The number of hydrogen-bond acceptors (Lipinski definition) is 2. The Labute approximate surface area is 127 Å². The van der Waals surface area contributed by atoms with Crippen LogP contribution >= 0.6 is 0 Å². The average molecular weight is 282 g/mol. The van der Waals surface area contributed by atoms with Gasteiger partial charge in [0.1, 0.15) is 0 Å². The van der Waals surface area contributed by atoms with Crippen LogP contribution in [0.1, 0.15) is 44.2 Å². The van der Waals surface area contributed by atoms with E-state index in [1.807, 2.05) is 0 Å². The quantitative estimate of drug-likeness (QED) is 0.918. The lowest BCUT2D eigenvalue weighted by Gasteiger charge is -2.37. The molecule has 1 saturated carbocycles.